The zero-order chi connectivity index (χ0) is 17.8. The number of aryl methyl sites for hydroxylation is 1. The molecule has 3 rings (SSSR count). The van der Waals surface area contributed by atoms with E-state index in [1.165, 1.54) is 0 Å². The Labute approximate surface area is 149 Å². The zero-order valence-electron chi connectivity index (χ0n) is 13.9. The van der Waals surface area contributed by atoms with E-state index in [-0.39, 0.29) is 23.9 Å². The standard InChI is InChI=1S/C18H18N4O2S/c1-11-14(10-16(23)20-12(2)15-4-3-9-25-15)18(24)22-17(21-11)13-5-7-19-8-6-13/h3-9,12H,10H2,1-2H3,(H,20,23)(H,21,22,24)/t12-/m1/s1. The lowest BCUT2D eigenvalue weighted by molar-refractivity contribution is -0.121. The SMILES string of the molecule is Cc1nc(-c2ccncc2)[nH]c(=O)c1CC(=O)N[C@H](C)c1cccs1. The molecule has 0 aromatic carbocycles. The van der Waals surface area contributed by atoms with E-state index in [4.69, 9.17) is 0 Å². The molecule has 0 unspecified atom stereocenters. The molecule has 25 heavy (non-hydrogen) atoms. The minimum absolute atomic E-state index is 0.000503. The van der Waals surface area contributed by atoms with E-state index in [9.17, 15) is 9.59 Å². The van der Waals surface area contributed by atoms with Crippen molar-refractivity contribution in [1.82, 2.24) is 20.3 Å². The number of amides is 1. The number of aromatic nitrogens is 3. The first-order valence-electron chi connectivity index (χ1n) is 7.87. The number of carbonyl (C=O) groups excluding carboxylic acids is 1. The number of carbonyl (C=O) groups is 1. The molecule has 0 aliphatic carbocycles. The Hall–Kier alpha value is -2.80. The minimum Gasteiger partial charge on any atom is -0.348 e. The fraction of sp³-hybridized carbons (Fsp3) is 0.222. The molecule has 3 aromatic heterocycles. The van der Waals surface area contributed by atoms with E-state index in [0.717, 1.165) is 10.4 Å². The van der Waals surface area contributed by atoms with Crippen LogP contribution in [0.1, 0.15) is 29.1 Å². The molecule has 0 aliphatic heterocycles. The van der Waals surface area contributed by atoms with Crippen LogP contribution in [0.2, 0.25) is 0 Å². The number of nitrogens with one attached hydrogen (secondary N) is 2. The fourth-order valence-electron chi connectivity index (χ4n) is 2.53. The van der Waals surface area contributed by atoms with Crippen molar-refractivity contribution in [3.8, 4) is 11.4 Å². The number of aromatic amines is 1. The molecule has 7 heteroatoms. The summed E-state index contributed by atoms with van der Waals surface area (Å²) in [5.41, 5.74) is 1.42. The molecule has 6 nitrogen and oxygen atoms in total. The van der Waals surface area contributed by atoms with Gasteiger partial charge in [-0.15, -0.1) is 11.3 Å². The lowest BCUT2D eigenvalue weighted by Gasteiger charge is -2.13. The van der Waals surface area contributed by atoms with E-state index in [1.807, 2.05) is 24.4 Å². The topological polar surface area (TPSA) is 87.7 Å². The van der Waals surface area contributed by atoms with Gasteiger partial charge < -0.3 is 10.3 Å². The van der Waals surface area contributed by atoms with Crippen LogP contribution < -0.4 is 10.9 Å². The maximum absolute atomic E-state index is 12.4. The summed E-state index contributed by atoms with van der Waals surface area (Å²) in [4.78, 5) is 36.9. The van der Waals surface area contributed by atoms with Crippen molar-refractivity contribution in [3.05, 3.63) is 68.5 Å². The lowest BCUT2D eigenvalue weighted by atomic mass is 10.1. The van der Waals surface area contributed by atoms with Crippen molar-refractivity contribution in [2.24, 2.45) is 0 Å². The third-order valence-corrected chi connectivity index (χ3v) is 4.92. The number of pyridine rings is 1. The molecule has 0 aliphatic rings. The molecule has 0 bridgehead atoms. The van der Waals surface area contributed by atoms with E-state index < -0.39 is 0 Å². The van der Waals surface area contributed by atoms with Crippen LogP contribution in [-0.2, 0) is 11.2 Å². The molecule has 0 radical (unpaired) electrons. The van der Waals surface area contributed by atoms with Gasteiger partial charge in [0.1, 0.15) is 5.82 Å². The van der Waals surface area contributed by atoms with Gasteiger partial charge in [0, 0.05) is 34.1 Å². The van der Waals surface area contributed by atoms with Gasteiger partial charge in [-0.05, 0) is 37.4 Å². The van der Waals surface area contributed by atoms with E-state index in [0.29, 0.717) is 17.1 Å². The van der Waals surface area contributed by atoms with Crippen LogP contribution in [0, 0.1) is 6.92 Å². The van der Waals surface area contributed by atoms with Gasteiger partial charge in [0.15, 0.2) is 0 Å². The van der Waals surface area contributed by atoms with Gasteiger partial charge in [-0.3, -0.25) is 14.6 Å². The van der Waals surface area contributed by atoms with Crippen molar-refractivity contribution in [3.63, 3.8) is 0 Å². The zero-order valence-corrected chi connectivity index (χ0v) is 14.8. The highest BCUT2D eigenvalue weighted by Crippen LogP contribution is 2.18. The molecule has 0 saturated carbocycles. The molecule has 0 saturated heterocycles. The molecule has 3 heterocycles. The van der Waals surface area contributed by atoms with Gasteiger partial charge in [-0.25, -0.2) is 4.98 Å². The maximum Gasteiger partial charge on any atom is 0.255 e. The number of hydrogen-bond acceptors (Lipinski definition) is 5. The molecule has 1 atom stereocenters. The normalized spacial score (nSPS) is 11.9. The first-order chi connectivity index (χ1) is 12.0. The number of hydrogen-bond donors (Lipinski definition) is 2. The highest BCUT2D eigenvalue weighted by atomic mass is 32.1. The van der Waals surface area contributed by atoms with Crippen molar-refractivity contribution in [2.45, 2.75) is 26.3 Å². The Bertz CT molecular complexity index is 920. The third-order valence-electron chi connectivity index (χ3n) is 3.86. The molecule has 2 N–H and O–H groups in total. The number of nitrogens with zero attached hydrogens (tertiary/aromatic N) is 2. The fourth-order valence-corrected chi connectivity index (χ4v) is 3.26. The van der Waals surface area contributed by atoms with E-state index in [1.54, 1.807) is 42.8 Å². The van der Waals surface area contributed by atoms with Gasteiger partial charge in [0.2, 0.25) is 5.91 Å². The summed E-state index contributed by atoms with van der Waals surface area (Å²) in [6.45, 7) is 3.66. The van der Waals surface area contributed by atoms with Crippen molar-refractivity contribution in [2.75, 3.05) is 0 Å². The maximum atomic E-state index is 12.4. The van der Waals surface area contributed by atoms with Crippen LogP contribution in [0.3, 0.4) is 0 Å². The number of H-pyrrole nitrogens is 1. The highest BCUT2D eigenvalue weighted by Gasteiger charge is 2.16. The van der Waals surface area contributed by atoms with Crippen LogP contribution in [0.25, 0.3) is 11.4 Å². The van der Waals surface area contributed by atoms with Crippen molar-refractivity contribution < 1.29 is 4.79 Å². The summed E-state index contributed by atoms with van der Waals surface area (Å²) >= 11 is 1.59. The predicted molar refractivity (Wildman–Crippen MR) is 97.4 cm³/mol. The molecule has 0 spiro atoms. The summed E-state index contributed by atoms with van der Waals surface area (Å²) in [6.07, 6.45) is 3.27. The van der Waals surface area contributed by atoms with Crippen molar-refractivity contribution >= 4 is 17.2 Å². The molecular formula is C18H18N4O2S. The molecule has 3 aromatic rings. The molecule has 0 fully saturated rings. The van der Waals surface area contributed by atoms with Gasteiger partial charge in [0.25, 0.3) is 5.56 Å². The first-order valence-corrected chi connectivity index (χ1v) is 8.75. The second kappa shape index (κ2) is 7.40. The van der Waals surface area contributed by atoms with E-state index in [2.05, 4.69) is 20.3 Å². The minimum atomic E-state index is -0.293. The number of rotatable bonds is 5. The lowest BCUT2D eigenvalue weighted by Crippen LogP contribution is -2.30. The average molecular weight is 354 g/mol. The van der Waals surface area contributed by atoms with Crippen LogP contribution in [0.4, 0.5) is 0 Å². The monoisotopic (exact) mass is 354 g/mol. The van der Waals surface area contributed by atoms with Gasteiger partial charge >= 0.3 is 0 Å². The summed E-state index contributed by atoms with van der Waals surface area (Å²) in [5.74, 6) is 0.272. The first kappa shape index (κ1) is 17.0. The Balaban J connectivity index is 1.77. The third kappa shape index (κ3) is 4.00. The van der Waals surface area contributed by atoms with Crippen LogP contribution in [-0.4, -0.2) is 20.9 Å². The second-order valence-electron chi connectivity index (χ2n) is 5.70. The second-order valence-corrected chi connectivity index (χ2v) is 6.68. The smallest absolute Gasteiger partial charge is 0.255 e. The van der Waals surface area contributed by atoms with Gasteiger partial charge in [-0.2, -0.15) is 0 Å². The molecular weight excluding hydrogens is 336 g/mol. The highest BCUT2D eigenvalue weighted by molar-refractivity contribution is 7.10. The molecule has 1 amide bonds. The van der Waals surface area contributed by atoms with Crippen LogP contribution in [0.15, 0.2) is 46.8 Å². The Morgan fingerprint density at radius 2 is 2.08 bits per heavy atom. The number of thiophene rings is 1. The average Bonchev–Trinajstić information content (AvgIpc) is 3.13. The Morgan fingerprint density at radius 1 is 1.32 bits per heavy atom. The summed E-state index contributed by atoms with van der Waals surface area (Å²) in [7, 11) is 0. The van der Waals surface area contributed by atoms with Crippen molar-refractivity contribution in [1.29, 1.82) is 0 Å². The summed E-state index contributed by atoms with van der Waals surface area (Å²) in [6, 6.07) is 7.37. The molecule has 128 valence electrons. The van der Waals surface area contributed by atoms with Crippen LogP contribution in [0.5, 0.6) is 0 Å². The van der Waals surface area contributed by atoms with Crippen LogP contribution >= 0.6 is 11.3 Å². The largest absolute Gasteiger partial charge is 0.348 e. The Kier molecular flexibility index (Phi) is 5.04. The van der Waals surface area contributed by atoms with Gasteiger partial charge in [-0.1, -0.05) is 6.07 Å². The quantitative estimate of drug-likeness (QED) is 0.737. The summed E-state index contributed by atoms with van der Waals surface area (Å²) in [5, 5.41) is 4.88. The van der Waals surface area contributed by atoms with E-state index >= 15 is 0 Å². The Morgan fingerprint density at radius 3 is 2.72 bits per heavy atom. The summed E-state index contributed by atoms with van der Waals surface area (Å²) < 4.78 is 0. The predicted octanol–water partition coefficient (Wildman–Crippen LogP) is 2.62. The van der Waals surface area contributed by atoms with Gasteiger partial charge in [0.05, 0.1) is 12.5 Å².